The molecule has 0 aliphatic heterocycles. The summed E-state index contributed by atoms with van der Waals surface area (Å²) in [6, 6.07) is 44.2. The van der Waals surface area contributed by atoms with Crippen molar-refractivity contribution >= 4 is 28.1 Å². The molecule has 0 aliphatic rings. The van der Waals surface area contributed by atoms with E-state index in [9.17, 15) is 0 Å². The molecule has 4 aromatic carbocycles. The highest BCUT2D eigenvalue weighted by Crippen LogP contribution is 2.28. The van der Waals surface area contributed by atoms with Crippen molar-refractivity contribution in [1.82, 2.24) is 9.55 Å². The number of rotatable bonds is 10. The van der Waals surface area contributed by atoms with Gasteiger partial charge in [-0.2, -0.15) is 0 Å². The van der Waals surface area contributed by atoms with Crippen molar-refractivity contribution in [3.63, 3.8) is 0 Å². The van der Waals surface area contributed by atoms with E-state index in [1.54, 1.807) is 0 Å². The van der Waals surface area contributed by atoms with Crippen LogP contribution in [0.25, 0.3) is 5.57 Å². The smallest absolute Gasteiger partial charge is 0.215 e. The number of nitrogens with zero attached hydrogens (tertiary/aromatic N) is 2. The monoisotopic (exact) mass is 495 g/mol. The Morgan fingerprint density at radius 1 is 0.730 bits per heavy atom. The van der Waals surface area contributed by atoms with Crippen LogP contribution in [0.2, 0.25) is 6.04 Å². The topological polar surface area (TPSA) is 17.8 Å². The second-order valence-electron chi connectivity index (χ2n) is 9.44. The molecule has 0 aliphatic carbocycles. The van der Waals surface area contributed by atoms with E-state index in [0.717, 1.165) is 17.9 Å². The van der Waals surface area contributed by atoms with Crippen LogP contribution in [0.15, 0.2) is 139 Å². The van der Waals surface area contributed by atoms with Gasteiger partial charge in [-0.05, 0) is 46.6 Å². The maximum atomic E-state index is 4.75. The van der Waals surface area contributed by atoms with Crippen molar-refractivity contribution in [3.05, 3.63) is 162 Å². The first kappa shape index (κ1) is 24.8. The van der Waals surface area contributed by atoms with Crippen molar-refractivity contribution in [2.75, 3.05) is 0 Å². The fourth-order valence-electron chi connectivity index (χ4n) is 5.03. The van der Waals surface area contributed by atoms with Crippen molar-refractivity contribution < 1.29 is 0 Å². The zero-order valence-electron chi connectivity index (χ0n) is 21.4. The van der Waals surface area contributed by atoms with E-state index >= 15 is 0 Å². The Morgan fingerprint density at radius 3 is 1.73 bits per heavy atom. The van der Waals surface area contributed by atoms with Crippen LogP contribution in [0.5, 0.6) is 0 Å². The normalized spacial score (nSPS) is 11.2. The molecule has 0 N–H and O–H groups in total. The quantitative estimate of drug-likeness (QED) is 0.215. The van der Waals surface area contributed by atoms with Crippen LogP contribution >= 0.6 is 0 Å². The number of hydrogen-bond donors (Lipinski definition) is 0. The van der Waals surface area contributed by atoms with Gasteiger partial charge in [-0.1, -0.05) is 127 Å². The molecule has 181 valence electrons. The summed E-state index contributed by atoms with van der Waals surface area (Å²) in [5.41, 5.74) is 9.07. The largest absolute Gasteiger partial charge is 0.347 e. The second-order valence-corrected chi connectivity index (χ2v) is 11.1. The summed E-state index contributed by atoms with van der Waals surface area (Å²) in [6.45, 7) is 2.31. The van der Waals surface area contributed by atoms with Crippen LogP contribution in [0.3, 0.4) is 0 Å². The Balaban J connectivity index is 1.33. The average molecular weight is 496 g/mol. The molecule has 4 heteroatoms. The number of benzene rings is 4. The van der Waals surface area contributed by atoms with Crippen molar-refractivity contribution in [2.45, 2.75) is 25.0 Å². The third-order valence-corrected chi connectivity index (χ3v) is 8.78. The third-order valence-electron chi connectivity index (χ3n) is 6.88. The van der Waals surface area contributed by atoms with Gasteiger partial charge in [-0.25, -0.2) is 0 Å². The lowest BCUT2D eigenvalue weighted by molar-refractivity contribution is 0.897. The minimum atomic E-state index is -0.393. The van der Waals surface area contributed by atoms with Crippen molar-refractivity contribution in [3.8, 4) is 0 Å². The summed E-state index contributed by atoms with van der Waals surface area (Å²) in [5.74, 6) is 0.176. The van der Waals surface area contributed by atoms with Crippen molar-refractivity contribution in [2.24, 2.45) is 0 Å². The summed E-state index contributed by atoms with van der Waals surface area (Å²) >= 11 is 0. The first-order valence-corrected chi connectivity index (χ1v) is 15.1. The minimum absolute atomic E-state index is 0.176. The van der Waals surface area contributed by atoms with Gasteiger partial charge < -0.3 is 4.57 Å². The Morgan fingerprint density at radius 2 is 1.22 bits per heavy atom. The lowest BCUT2D eigenvalue weighted by atomic mass is 9.58. The molecule has 5 aromatic rings. The zero-order chi connectivity index (χ0) is 25.3. The van der Waals surface area contributed by atoms with Gasteiger partial charge in [-0.15, -0.1) is 0 Å². The molecule has 0 amide bonds. The van der Waals surface area contributed by atoms with Gasteiger partial charge in [0.15, 0.2) is 0 Å². The number of hydrogen-bond acceptors (Lipinski definition) is 1. The second kappa shape index (κ2) is 12.4. The lowest BCUT2D eigenvalue weighted by Gasteiger charge is -2.18. The molecule has 0 saturated heterocycles. The number of imidazole rings is 1. The first-order valence-electron chi connectivity index (χ1n) is 13.1. The minimum Gasteiger partial charge on any atom is -0.347 e. The molecule has 1 heterocycles. The van der Waals surface area contributed by atoms with Crippen LogP contribution in [-0.2, 0) is 6.17 Å². The molecular formula is C33H32BN2Si. The standard InChI is InChI=1S/C33H32BN2Si/c1-26(31(27-14-6-2-7-15-27)28-16-8-3-9-17-28)24-37-25-36-23-22-35-33(36)34-32(29-18-10-4-11-19-29)30-20-12-5-13-21-30/h2-23,32H,24-25,37H2,1H3. The molecule has 5 rings (SSSR count). The highest BCUT2D eigenvalue weighted by atomic mass is 28.2. The number of aromatic nitrogens is 2. The maximum absolute atomic E-state index is 4.75. The fraction of sp³-hybridized carbons (Fsp3) is 0.121. The molecule has 1 radical (unpaired) electrons. The molecular weight excluding hydrogens is 463 g/mol. The Hall–Kier alpha value is -3.89. The molecule has 2 nitrogen and oxygen atoms in total. The Bertz CT molecular complexity index is 1330. The van der Waals surface area contributed by atoms with E-state index in [0.29, 0.717) is 0 Å². The van der Waals surface area contributed by atoms with E-state index < -0.39 is 9.52 Å². The fourth-order valence-corrected chi connectivity index (χ4v) is 6.69. The van der Waals surface area contributed by atoms with Gasteiger partial charge in [0, 0.05) is 28.1 Å². The summed E-state index contributed by atoms with van der Waals surface area (Å²) in [7, 11) is 1.93. The highest BCUT2D eigenvalue weighted by Gasteiger charge is 2.19. The molecule has 0 unspecified atom stereocenters. The van der Waals surface area contributed by atoms with Crippen LogP contribution in [-0.4, -0.2) is 26.4 Å². The van der Waals surface area contributed by atoms with E-state index in [1.165, 1.54) is 33.4 Å². The van der Waals surface area contributed by atoms with E-state index in [1.807, 2.05) is 6.20 Å². The maximum Gasteiger partial charge on any atom is 0.215 e. The van der Waals surface area contributed by atoms with Crippen LogP contribution in [0.1, 0.15) is 35.0 Å². The first-order chi connectivity index (χ1) is 18.3. The third kappa shape index (κ3) is 6.28. The van der Waals surface area contributed by atoms with Crippen molar-refractivity contribution in [1.29, 1.82) is 0 Å². The molecule has 1 aromatic heterocycles. The van der Waals surface area contributed by atoms with Crippen LogP contribution in [0.4, 0.5) is 0 Å². The summed E-state index contributed by atoms with van der Waals surface area (Å²) in [6.07, 6.45) is 5.14. The molecule has 0 spiro atoms. The summed E-state index contributed by atoms with van der Waals surface area (Å²) < 4.78 is 2.35. The molecule has 37 heavy (non-hydrogen) atoms. The van der Waals surface area contributed by atoms with E-state index in [2.05, 4.69) is 146 Å². The zero-order valence-corrected chi connectivity index (χ0v) is 22.8. The molecule has 0 bridgehead atoms. The van der Waals surface area contributed by atoms with Gasteiger partial charge in [0.1, 0.15) is 0 Å². The molecule has 0 atom stereocenters. The average Bonchev–Trinajstić information content (AvgIpc) is 3.41. The van der Waals surface area contributed by atoms with Crippen LogP contribution in [0, 0.1) is 0 Å². The van der Waals surface area contributed by atoms with Gasteiger partial charge in [-0.3, -0.25) is 4.98 Å². The lowest BCUT2D eigenvalue weighted by Crippen LogP contribution is -2.32. The SMILES string of the molecule is CC(C[SiH2]Cn1ccnc1[B]C(c1ccccc1)c1ccccc1)=C(c1ccccc1)c1ccccc1. The Labute approximate surface area is 223 Å². The van der Waals surface area contributed by atoms with Gasteiger partial charge in [0.2, 0.25) is 7.28 Å². The van der Waals surface area contributed by atoms with Gasteiger partial charge in [0.25, 0.3) is 0 Å². The summed E-state index contributed by atoms with van der Waals surface area (Å²) in [5, 5.41) is 0. The van der Waals surface area contributed by atoms with E-state index in [-0.39, 0.29) is 5.82 Å². The molecule has 0 saturated carbocycles. The predicted octanol–water partition coefficient (Wildman–Crippen LogP) is 6.07. The highest BCUT2D eigenvalue weighted by molar-refractivity contribution is 6.54. The Kier molecular flexibility index (Phi) is 8.29. The van der Waals surface area contributed by atoms with Gasteiger partial charge in [0.05, 0.1) is 5.72 Å². The van der Waals surface area contributed by atoms with Gasteiger partial charge >= 0.3 is 0 Å². The number of allylic oxidation sites excluding steroid dienone is 1. The predicted molar refractivity (Wildman–Crippen MR) is 160 cm³/mol. The molecule has 0 fully saturated rings. The van der Waals surface area contributed by atoms with Crippen LogP contribution < -0.4 is 5.72 Å². The summed E-state index contributed by atoms with van der Waals surface area (Å²) in [4.78, 5) is 4.75. The van der Waals surface area contributed by atoms with E-state index in [4.69, 9.17) is 4.98 Å².